The second kappa shape index (κ2) is 5.97. The minimum absolute atomic E-state index is 0.114. The van der Waals surface area contributed by atoms with Gasteiger partial charge in [0.25, 0.3) is 0 Å². The molecule has 54 valence electrons. The number of rotatable bonds is 5. The molecule has 0 bridgehead atoms. The number of carbonyl (C=O) groups excluding carboxylic acids is 1. The van der Waals surface area contributed by atoms with Gasteiger partial charge in [0.1, 0.15) is 16.8 Å². The molecule has 0 fully saturated rings. The van der Waals surface area contributed by atoms with E-state index in [1.807, 2.05) is 0 Å². The summed E-state index contributed by atoms with van der Waals surface area (Å²) in [5, 5.41) is 0. The van der Waals surface area contributed by atoms with Crippen molar-refractivity contribution in [1.29, 1.82) is 0 Å². The summed E-state index contributed by atoms with van der Waals surface area (Å²) in [6.45, 7) is 2.11. The lowest BCUT2D eigenvalue weighted by molar-refractivity contribution is -0.113. The zero-order valence-electron chi connectivity index (χ0n) is 6.09. The second-order valence-electron chi connectivity index (χ2n) is 2.05. The third-order valence-corrected chi connectivity index (χ3v) is 1.90. The van der Waals surface area contributed by atoms with Crippen molar-refractivity contribution in [1.82, 2.24) is 0 Å². The van der Waals surface area contributed by atoms with Crippen molar-refractivity contribution in [2.75, 3.05) is 0 Å². The molecule has 3 heteroatoms. The number of carbonyl (C=O) groups is 1. The summed E-state index contributed by atoms with van der Waals surface area (Å²) < 4.78 is 4.97. The lowest BCUT2D eigenvalue weighted by atomic mass is 10.2. The van der Waals surface area contributed by atoms with Gasteiger partial charge in [-0.25, -0.2) is 0 Å². The molecule has 0 saturated heterocycles. The van der Waals surface area contributed by atoms with Crippen LogP contribution in [0.2, 0.25) is 0 Å². The van der Waals surface area contributed by atoms with E-state index in [1.54, 1.807) is 0 Å². The van der Waals surface area contributed by atoms with Gasteiger partial charge in [-0.1, -0.05) is 19.8 Å². The fourth-order valence-corrected chi connectivity index (χ4v) is 0.994. The number of hydrogen-bond acceptors (Lipinski definition) is 2. The largest absolute Gasteiger partial charge is 0.418 e. The minimum Gasteiger partial charge on any atom is -0.418 e. The van der Waals surface area contributed by atoms with E-state index >= 15 is 0 Å². The number of aldehydes is 1. The highest BCUT2D eigenvalue weighted by Crippen LogP contribution is 1.99. The minimum atomic E-state index is -0.114. The van der Waals surface area contributed by atoms with Crippen LogP contribution in [0.4, 0.5) is 0 Å². The normalized spacial score (nSPS) is 13.4. The molecular weight excluding hydrogens is 132 g/mol. The van der Waals surface area contributed by atoms with Crippen LogP contribution in [-0.4, -0.2) is 22.9 Å². The summed E-state index contributed by atoms with van der Waals surface area (Å²) in [4.78, 5) is 10.1. The Kier molecular flexibility index (Phi) is 5.87. The molecule has 0 spiro atoms. The van der Waals surface area contributed by atoms with Gasteiger partial charge in [-0.2, -0.15) is 0 Å². The van der Waals surface area contributed by atoms with Crippen molar-refractivity contribution in [3.05, 3.63) is 0 Å². The maximum atomic E-state index is 10.1. The van der Waals surface area contributed by atoms with E-state index in [4.69, 9.17) is 4.43 Å². The van der Waals surface area contributed by atoms with Gasteiger partial charge in [-0.15, -0.1) is 0 Å². The molecule has 1 atom stereocenters. The molecule has 0 rings (SSSR count). The molecule has 0 aromatic heterocycles. The fourth-order valence-electron chi connectivity index (χ4n) is 0.647. The molecule has 9 heavy (non-hydrogen) atoms. The van der Waals surface area contributed by atoms with E-state index in [0.29, 0.717) is 10.5 Å². The van der Waals surface area contributed by atoms with Gasteiger partial charge in [-0.05, 0) is 6.42 Å². The monoisotopic (exact) mass is 146 g/mol. The summed E-state index contributed by atoms with van der Waals surface area (Å²) in [6.07, 6.45) is 3.89. The van der Waals surface area contributed by atoms with E-state index in [-0.39, 0.29) is 6.10 Å². The van der Waals surface area contributed by atoms with Crippen molar-refractivity contribution in [2.24, 2.45) is 0 Å². The molecule has 0 amide bonds. The van der Waals surface area contributed by atoms with Crippen LogP contribution in [0.1, 0.15) is 26.2 Å². The summed E-state index contributed by atoms with van der Waals surface area (Å²) in [5.41, 5.74) is 0. The van der Waals surface area contributed by atoms with E-state index in [1.165, 1.54) is 0 Å². The summed E-state index contributed by atoms with van der Waals surface area (Å²) in [7, 11) is 0.667. The maximum Gasteiger partial charge on any atom is 0.147 e. The Bertz CT molecular complexity index is 75.5. The Morgan fingerprint density at radius 3 is 2.78 bits per heavy atom. The van der Waals surface area contributed by atoms with Gasteiger partial charge in [0.05, 0.1) is 6.10 Å². The van der Waals surface area contributed by atoms with Crippen LogP contribution in [0.3, 0.4) is 0 Å². The van der Waals surface area contributed by atoms with Gasteiger partial charge in [0.2, 0.25) is 0 Å². The first kappa shape index (κ1) is 8.85. The standard InChI is InChI=1S/C6H14O2Si/c1-2-3-4-6(5-7)8-9/h5-6H,2-4H2,1,9H3. The lowest BCUT2D eigenvalue weighted by Crippen LogP contribution is -2.11. The smallest absolute Gasteiger partial charge is 0.147 e. The fraction of sp³-hybridized carbons (Fsp3) is 0.833. The Morgan fingerprint density at radius 2 is 2.44 bits per heavy atom. The van der Waals surface area contributed by atoms with Crippen LogP contribution in [0.25, 0.3) is 0 Å². The summed E-state index contributed by atoms with van der Waals surface area (Å²) in [5.74, 6) is 0. The van der Waals surface area contributed by atoms with E-state index < -0.39 is 0 Å². The number of unbranched alkanes of at least 4 members (excludes halogenated alkanes) is 1. The van der Waals surface area contributed by atoms with Crippen LogP contribution in [0.5, 0.6) is 0 Å². The molecular formula is C6H14O2Si. The van der Waals surface area contributed by atoms with Crippen molar-refractivity contribution in [3.8, 4) is 0 Å². The summed E-state index contributed by atoms with van der Waals surface area (Å²) in [6, 6.07) is 0. The van der Waals surface area contributed by atoms with Crippen molar-refractivity contribution in [2.45, 2.75) is 32.3 Å². The Labute approximate surface area is 59.1 Å². The highest BCUT2D eigenvalue weighted by molar-refractivity contribution is 5.98. The first-order valence-corrected chi connectivity index (χ1v) is 4.14. The maximum absolute atomic E-state index is 10.1. The predicted octanol–water partition coefficient (Wildman–Crippen LogP) is 0.0411. The second-order valence-corrected chi connectivity index (χ2v) is 2.52. The highest BCUT2D eigenvalue weighted by Gasteiger charge is 2.01. The molecule has 0 N–H and O–H groups in total. The zero-order chi connectivity index (χ0) is 7.11. The van der Waals surface area contributed by atoms with E-state index in [9.17, 15) is 4.79 Å². The average molecular weight is 146 g/mol. The molecule has 2 nitrogen and oxygen atoms in total. The summed E-state index contributed by atoms with van der Waals surface area (Å²) >= 11 is 0. The van der Waals surface area contributed by atoms with Gasteiger partial charge < -0.3 is 9.22 Å². The first-order valence-electron chi connectivity index (χ1n) is 3.33. The topological polar surface area (TPSA) is 26.3 Å². The molecule has 1 unspecified atom stereocenters. The molecule has 0 aliphatic heterocycles. The van der Waals surface area contributed by atoms with Crippen LogP contribution < -0.4 is 0 Å². The SMILES string of the molecule is CCCCC(C=O)O[SiH3]. The van der Waals surface area contributed by atoms with E-state index in [2.05, 4.69) is 6.92 Å². The quantitative estimate of drug-likeness (QED) is 0.404. The van der Waals surface area contributed by atoms with Crippen LogP contribution >= 0.6 is 0 Å². The Hall–Kier alpha value is -0.153. The molecule has 0 aliphatic rings. The molecule has 0 heterocycles. The molecule has 0 aromatic carbocycles. The lowest BCUT2D eigenvalue weighted by Gasteiger charge is -2.05. The van der Waals surface area contributed by atoms with Gasteiger partial charge in [0.15, 0.2) is 0 Å². The van der Waals surface area contributed by atoms with E-state index in [0.717, 1.165) is 25.5 Å². The van der Waals surface area contributed by atoms with Crippen LogP contribution in [0, 0.1) is 0 Å². The third-order valence-electron chi connectivity index (χ3n) is 1.30. The number of hydrogen-bond donors (Lipinski definition) is 0. The van der Waals surface area contributed by atoms with Crippen LogP contribution in [-0.2, 0) is 9.22 Å². The zero-order valence-corrected chi connectivity index (χ0v) is 8.09. The molecule has 0 radical (unpaired) electrons. The molecule has 0 saturated carbocycles. The Balaban J connectivity index is 3.20. The molecule has 0 aliphatic carbocycles. The molecule has 0 aromatic rings. The van der Waals surface area contributed by atoms with Gasteiger partial charge in [-0.3, -0.25) is 0 Å². The van der Waals surface area contributed by atoms with Crippen molar-refractivity contribution >= 4 is 16.8 Å². The van der Waals surface area contributed by atoms with Crippen LogP contribution in [0.15, 0.2) is 0 Å². The average Bonchev–Trinajstić information content (AvgIpc) is 1.91. The highest BCUT2D eigenvalue weighted by atomic mass is 28.2. The van der Waals surface area contributed by atoms with Gasteiger partial charge >= 0.3 is 0 Å². The van der Waals surface area contributed by atoms with Gasteiger partial charge in [0, 0.05) is 0 Å². The predicted molar refractivity (Wildman–Crippen MR) is 40.4 cm³/mol. The Morgan fingerprint density at radius 1 is 1.78 bits per heavy atom. The van der Waals surface area contributed by atoms with Crippen molar-refractivity contribution < 1.29 is 9.22 Å². The first-order chi connectivity index (χ1) is 4.35. The third kappa shape index (κ3) is 4.36. The van der Waals surface area contributed by atoms with Crippen molar-refractivity contribution in [3.63, 3.8) is 0 Å².